The molecule has 0 aliphatic carbocycles. The number of hydrogen-bond donors (Lipinski definition) is 1. The van der Waals surface area contributed by atoms with Crippen LogP contribution in [0.4, 0.5) is 4.39 Å². The van der Waals surface area contributed by atoms with E-state index in [9.17, 15) is 14.0 Å². The van der Waals surface area contributed by atoms with Crippen molar-refractivity contribution < 1.29 is 9.18 Å². The van der Waals surface area contributed by atoms with Gasteiger partial charge in [0.15, 0.2) is 0 Å². The molecule has 0 saturated heterocycles. The summed E-state index contributed by atoms with van der Waals surface area (Å²) in [6.45, 7) is 8.36. The number of fused-ring (bicyclic) bond motifs is 2. The van der Waals surface area contributed by atoms with Gasteiger partial charge in [-0.2, -0.15) is 0 Å². The van der Waals surface area contributed by atoms with E-state index in [-0.39, 0.29) is 28.6 Å². The number of halogens is 1. The predicted molar refractivity (Wildman–Crippen MR) is 121 cm³/mol. The van der Waals surface area contributed by atoms with E-state index >= 15 is 0 Å². The number of carbonyl (C=O) groups is 1. The molecule has 1 aliphatic heterocycles. The second-order valence-corrected chi connectivity index (χ2v) is 10.3. The lowest BCUT2D eigenvalue weighted by atomic mass is 9.93. The van der Waals surface area contributed by atoms with Gasteiger partial charge in [-0.3, -0.25) is 9.59 Å². The highest BCUT2D eigenvalue weighted by atomic mass is 32.2. The van der Waals surface area contributed by atoms with Gasteiger partial charge >= 0.3 is 0 Å². The fourth-order valence-electron chi connectivity index (χ4n) is 3.96. The molecule has 0 spiro atoms. The van der Waals surface area contributed by atoms with E-state index in [0.717, 1.165) is 32.8 Å². The molecular weight excluding hydrogens is 421 g/mol. The Labute approximate surface area is 182 Å². The normalized spacial score (nSPS) is 17.2. The second-order valence-electron chi connectivity index (χ2n) is 7.73. The molecule has 0 fully saturated rings. The topological polar surface area (TPSA) is 66.1 Å². The summed E-state index contributed by atoms with van der Waals surface area (Å²) in [6.07, 6.45) is 0.728. The number of aryl methyl sites for hydroxylation is 2. The maximum atomic E-state index is 13.7. The zero-order valence-electron chi connectivity index (χ0n) is 17.4. The van der Waals surface area contributed by atoms with Gasteiger partial charge in [-0.1, -0.05) is 6.07 Å². The molecule has 2 aromatic heterocycles. The van der Waals surface area contributed by atoms with E-state index in [0.29, 0.717) is 23.5 Å². The zero-order valence-corrected chi connectivity index (χ0v) is 19.0. The van der Waals surface area contributed by atoms with Crippen LogP contribution in [0.5, 0.6) is 0 Å². The Bertz CT molecular complexity index is 1190. The number of aromatic amines is 1. The fraction of sp³-hybridized carbons (Fsp3) is 0.409. The standard InChI is InChI=1S/C22H24FN3O2S2/c1-11-13(3)30-21-19(11)20(27)24-18(25-21)10-29-14(4)22(28)26-8-7-15-5-6-16(23)9-17(15)12(26)2/h5-6,9,12,14H,7-8,10H2,1-4H3,(H,24,25,27). The summed E-state index contributed by atoms with van der Waals surface area (Å²) in [4.78, 5) is 36.6. The van der Waals surface area contributed by atoms with Crippen LogP contribution in [0.3, 0.4) is 0 Å². The van der Waals surface area contributed by atoms with Crippen LogP contribution in [0.15, 0.2) is 23.0 Å². The fourth-order valence-corrected chi connectivity index (χ4v) is 5.83. The molecule has 30 heavy (non-hydrogen) atoms. The van der Waals surface area contributed by atoms with Crippen LogP contribution in [0.25, 0.3) is 10.2 Å². The van der Waals surface area contributed by atoms with Crippen LogP contribution in [0.1, 0.15) is 47.3 Å². The Hall–Kier alpha value is -2.19. The number of H-pyrrole nitrogens is 1. The highest BCUT2D eigenvalue weighted by molar-refractivity contribution is 7.99. The van der Waals surface area contributed by atoms with E-state index in [1.54, 1.807) is 0 Å². The molecule has 1 aromatic carbocycles. The molecule has 4 rings (SSSR count). The van der Waals surface area contributed by atoms with Crippen molar-refractivity contribution in [2.24, 2.45) is 0 Å². The summed E-state index contributed by atoms with van der Waals surface area (Å²) in [5.41, 5.74) is 2.83. The zero-order chi connectivity index (χ0) is 21.6. The van der Waals surface area contributed by atoms with Gasteiger partial charge in [0.05, 0.1) is 22.4 Å². The number of thiophene rings is 1. The highest BCUT2D eigenvalue weighted by Crippen LogP contribution is 2.32. The molecule has 1 amide bonds. The number of thioether (sulfide) groups is 1. The third kappa shape index (κ3) is 3.78. The minimum absolute atomic E-state index is 0.0219. The third-order valence-corrected chi connectivity index (χ3v) is 8.08. The molecule has 2 atom stereocenters. The summed E-state index contributed by atoms with van der Waals surface area (Å²) in [6, 6.07) is 4.66. The molecule has 0 bridgehead atoms. The molecule has 3 heterocycles. The highest BCUT2D eigenvalue weighted by Gasteiger charge is 2.30. The number of rotatable bonds is 4. The first-order valence-electron chi connectivity index (χ1n) is 9.95. The first-order chi connectivity index (χ1) is 14.3. The van der Waals surface area contributed by atoms with Crippen LogP contribution in [-0.2, 0) is 17.0 Å². The third-order valence-electron chi connectivity index (χ3n) is 5.84. The Morgan fingerprint density at radius 2 is 2.20 bits per heavy atom. The van der Waals surface area contributed by atoms with Gasteiger partial charge in [0.1, 0.15) is 16.5 Å². The molecule has 1 N–H and O–H groups in total. The Balaban J connectivity index is 1.47. The minimum atomic E-state index is -0.296. The molecular formula is C22H24FN3O2S2. The second kappa shape index (κ2) is 8.15. The van der Waals surface area contributed by atoms with Crippen LogP contribution in [0.2, 0.25) is 0 Å². The molecule has 0 radical (unpaired) electrons. The molecule has 2 unspecified atom stereocenters. The lowest BCUT2D eigenvalue weighted by Crippen LogP contribution is -2.42. The maximum Gasteiger partial charge on any atom is 0.259 e. The molecule has 5 nitrogen and oxygen atoms in total. The van der Waals surface area contributed by atoms with E-state index in [2.05, 4.69) is 9.97 Å². The molecule has 3 aromatic rings. The predicted octanol–water partition coefficient (Wildman–Crippen LogP) is 4.51. The largest absolute Gasteiger partial charge is 0.335 e. The summed E-state index contributed by atoms with van der Waals surface area (Å²) >= 11 is 2.97. The van der Waals surface area contributed by atoms with Crippen molar-refractivity contribution in [3.05, 3.63) is 61.8 Å². The van der Waals surface area contributed by atoms with E-state index in [4.69, 9.17) is 0 Å². The van der Waals surface area contributed by atoms with Crippen molar-refractivity contribution in [2.75, 3.05) is 6.54 Å². The van der Waals surface area contributed by atoms with Crippen molar-refractivity contribution in [3.8, 4) is 0 Å². The van der Waals surface area contributed by atoms with Gasteiger partial charge in [0.2, 0.25) is 5.91 Å². The van der Waals surface area contributed by atoms with Crippen molar-refractivity contribution in [2.45, 2.75) is 51.2 Å². The van der Waals surface area contributed by atoms with Crippen LogP contribution in [-0.4, -0.2) is 32.6 Å². The first kappa shape index (κ1) is 21.1. The van der Waals surface area contributed by atoms with Gasteiger partial charge in [0.25, 0.3) is 5.56 Å². The number of benzene rings is 1. The summed E-state index contributed by atoms with van der Waals surface area (Å²) < 4.78 is 13.7. The Morgan fingerprint density at radius 3 is 2.97 bits per heavy atom. The summed E-state index contributed by atoms with van der Waals surface area (Å²) in [5, 5.41) is 0.360. The van der Waals surface area contributed by atoms with E-state index in [1.807, 2.05) is 38.7 Å². The average molecular weight is 446 g/mol. The number of amides is 1. The number of hydrogen-bond acceptors (Lipinski definition) is 5. The van der Waals surface area contributed by atoms with Crippen molar-refractivity contribution in [3.63, 3.8) is 0 Å². The summed E-state index contributed by atoms with van der Waals surface area (Å²) in [5.74, 6) is 0.773. The molecule has 158 valence electrons. The average Bonchev–Trinajstić information content (AvgIpc) is 3.00. The maximum absolute atomic E-state index is 13.7. The van der Waals surface area contributed by atoms with Gasteiger partial charge in [0, 0.05) is 11.4 Å². The van der Waals surface area contributed by atoms with Crippen molar-refractivity contribution in [1.82, 2.24) is 14.9 Å². The number of nitrogens with zero attached hydrogens (tertiary/aromatic N) is 2. The van der Waals surface area contributed by atoms with Gasteiger partial charge in [-0.25, -0.2) is 9.37 Å². The lowest BCUT2D eigenvalue weighted by Gasteiger charge is -2.36. The van der Waals surface area contributed by atoms with Crippen LogP contribution < -0.4 is 5.56 Å². The van der Waals surface area contributed by atoms with Gasteiger partial charge in [-0.05, 0) is 62.9 Å². The Morgan fingerprint density at radius 1 is 1.43 bits per heavy atom. The first-order valence-corrected chi connectivity index (χ1v) is 11.8. The van der Waals surface area contributed by atoms with Gasteiger partial charge < -0.3 is 9.88 Å². The smallest absolute Gasteiger partial charge is 0.259 e. The molecule has 8 heteroatoms. The Kier molecular flexibility index (Phi) is 5.72. The molecule has 1 aliphatic rings. The number of aromatic nitrogens is 2. The van der Waals surface area contributed by atoms with E-state index in [1.165, 1.54) is 35.2 Å². The summed E-state index contributed by atoms with van der Waals surface area (Å²) in [7, 11) is 0. The SMILES string of the molecule is Cc1sc2nc(CSC(C)C(=O)N3CCc4ccc(F)cc4C3C)[nH]c(=O)c2c1C. The lowest BCUT2D eigenvalue weighted by molar-refractivity contribution is -0.132. The van der Waals surface area contributed by atoms with Gasteiger partial charge in [-0.15, -0.1) is 23.1 Å². The van der Waals surface area contributed by atoms with Crippen LogP contribution >= 0.6 is 23.1 Å². The van der Waals surface area contributed by atoms with Crippen LogP contribution in [0, 0.1) is 19.7 Å². The number of nitrogens with one attached hydrogen (secondary N) is 1. The van der Waals surface area contributed by atoms with E-state index < -0.39 is 0 Å². The molecule has 0 saturated carbocycles. The monoisotopic (exact) mass is 445 g/mol. The minimum Gasteiger partial charge on any atom is -0.335 e. The van der Waals surface area contributed by atoms with Crippen molar-refractivity contribution in [1.29, 1.82) is 0 Å². The quantitative estimate of drug-likeness (QED) is 0.642. The van der Waals surface area contributed by atoms with Crippen molar-refractivity contribution >= 4 is 39.2 Å². The number of carbonyl (C=O) groups excluding carboxylic acids is 1.